The summed E-state index contributed by atoms with van der Waals surface area (Å²) in [5, 5.41) is 0. The second kappa shape index (κ2) is 9.68. The first-order valence-corrected chi connectivity index (χ1v) is 5.18. The molecule has 100 valence electrons. The van der Waals surface area contributed by atoms with E-state index in [4.69, 9.17) is 0 Å². The largest absolute Gasteiger partial charge is 0.744 e. The van der Waals surface area contributed by atoms with Crippen molar-refractivity contribution in [2.75, 3.05) is 0 Å². The lowest BCUT2D eigenvalue weighted by Gasteiger charge is -2.00. The van der Waals surface area contributed by atoms with Crippen LogP contribution in [-0.2, 0) is 10.1 Å². The van der Waals surface area contributed by atoms with Crippen LogP contribution in [0.4, 0.5) is 0 Å². The van der Waals surface area contributed by atoms with Gasteiger partial charge in [-0.25, -0.2) is 8.42 Å². The highest BCUT2D eigenvalue weighted by Gasteiger charge is 1.97. The Morgan fingerprint density at radius 1 is 0.941 bits per heavy atom. The zero-order chi connectivity index (χ0) is 10.4. The molecular formula is C11H21N2O3S-. The predicted octanol–water partition coefficient (Wildman–Crippen LogP) is 2.84. The molecule has 0 amide bonds. The highest BCUT2D eigenvalue weighted by atomic mass is 32.2. The summed E-state index contributed by atoms with van der Waals surface area (Å²) >= 11 is 0. The molecule has 0 bridgehead atoms. The van der Waals surface area contributed by atoms with Gasteiger partial charge in [0.05, 0.1) is 4.90 Å². The maximum absolute atomic E-state index is 10.1. The fourth-order valence-corrected chi connectivity index (χ4v) is 1.19. The molecule has 2 rings (SSSR count). The second-order valence-corrected chi connectivity index (χ2v) is 3.77. The summed E-state index contributed by atoms with van der Waals surface area (Å²) in [6, 6.07) is 5.10. The summed E-state index contributed by atoms with van der Waals surface area (Å²) in [7, 11) is -4.24. The Labute approximate surface area is 104 Å². The van der Waals surface area contributed by atoms with Crippen molar-refractivity contribution in [1.29, 1.82) is 0 Å². The summed E-state index contributed by atoms with van der Waals surface area (Å²) in [4.78, 5) is 5.10. The highest BCUT2D eigenvalue weighted by Crippen LogP contribution is 2.03. The Morgan fingerprint density at radius 2 is 1.47 bits per heavy atom. The van der Waals surface area contributed by atoms with Crippen LogP contribution < -0.4 is 0 Å². The van der Waals surface area contributed by atoms with Crippen LogP contribution >= 0.6 is 0 Å². The van der Waals surface area contributed by atoms with Gasteiger partial charge in [-0.3, -0.25) is 0 Å². The van der Waals surface area contributed by atoms with Crippen molar-refractivity contribution in [2.45, 2.75) is 27.2 Å². The van der Waals surface area contributed by atoms with Crippen LogP contribution in [0.2, 0.25) is 0 Å². The molecule has 0 aliphatic heterocycles. The van der Waals surface area contributed by atoms with Crippen LogP contribution in [0.1, 0.15) is 22.3 Å². The third-order valence-electron chi connectivity index (χ3n) is 1.35. The van der Waals surface area contributed by atoms with E-state index in [-0.39, 0.29) is 27.2 Å². The summed E-state index contributed by atoms with van der Waals surface area (Å²) < 4.78 is 30.4. The van der Waals surface area contributed by atoms with Crippen LogP contribution in [0.15, 0.2) is 47.9 Å². The summed E-state index contributed by atoms with van der Waals surface area (Å²) in [6.07, 6.45) is 6.27. The van der Waals surface area contributed by atoms with E-state index < -0.39 is 10.1 Å². The molecule has 2 N–H and O–H groups in total. The molecule has 0 unspecified atom stereocenters. The molecule has 0 atom stereocenters. The molecule has 2 aromatic rings. The van der Waals surface area contributed by atoms with Crippen molar-refractivity contribution in [2.24, 2.45) is 0 Å². The van der Waals surface area contributed by atoms with Gasteiger partial charge in [0.15, 0.2) is 0 Å². The molecule has 0 radical (unpaired) electrons. The van der Waals surface area contributed by atoms with Gasteiger partial charge in [-0.05, 0) is 18.2 Å². The zero-order valence-electron chi connectivity index (χ0n) is 7.17. The smallest absolute Gasteiger partial charge is 0.125 e. The van der Waals surface area contributed by atoms with Gasteiger partial charge in [0.25, 0.3) is 0 Å². The van der Waals surface area contributed by atoms with E-state index in [0.29, 0.717) is 0 Å². The summed E-state index contributed by atoms with van der Waals surface area (Å²) in [5.74, 6) is 0. The van der Waals surface area contributed by atoms with Crippen LogP contribution in [0, 0.1) is 0 Å². The first-order chi connectivity index (χ1) is 6.61. The molecule has 6 heteroatoms. The molecule has 0 aromatic carbocycles. The zero-order valence-corrected chi connectivity index (χ0v) is 7.99. The normalized spacial score (nSPS) is 8.53. The van der Waals surface area contributed by atoms with Crippen molar-refractivity contribution in [1.82, 2.24) is 9.97 Å². The fourth-order valence-electron chi connectivity index (χ4n) is 0.742. The third-order valence-corrected chi connectivity index (χ3v) is 2.19. The number of rotatable bonds is 1. The molecule has 0 spiro atoms. The van der Waals surface area contributed by atoms with E-state index in [1.807, 2.05) is 24.5 Å². The monoisotopic (exact) mass is 261 g/mol. The molecule has 0 fully saturated rings. The Bertz CT molecular complexity index is 416. The first-order valence-electron chi connectivity index (χ1n) is 3.77. The number of hydrogen-bond acceptors (Lipinski definition) is 3. The van der Waals surface area contributed by atoms with Gasteiger partial charge >= 0.3 is 0 Å². The van der Waals surface area contributed by atoms with Crippen LogP contribution in [0.5, 0.6) is 0 Å². The average Bonchev–Trinajstić information content (AvgIpc) is 2.80. The molecule has 0 aliphatic carbocycles. The molecule has 2 heterocycles. The number of H-pyrrole nitrogens is 2. The van der Waals surface area contributed by atoms with Gasteiger partial charge < -0.3 is 14.5 Å². The molecule has 5 nitrogen and oxygen atoms in total. The van der Waals surface area contributed by atoms with E-state index in [1.54, 1.807) is 0 Å². The van der Waals surface area contributed by atoms with E-state index >= 15 is 0 Å². The Kier molecular flexibility index (Phi) is 11.9. The molecule has 0 saturated heterocycles. The summed E-state index contributed by atoms with van der Waals surface area (Å²) in [5.41, 5.74) is 0. The quantitative estimate of drug-likeness (QED) is 0.773. The van der Waals surface area contributed by atoms with Crippen molar-refractivity contribution < 1.29 is 13.0 Å². The SMILES string of the molecule is C.C.C.O=S(=O)([O-])c1cc[nH]c1.c1cc[nH]c1. The van der Waals surface area contributed by atoms with Crippen molar-refractivity contribution >= 4 is 10.1 Å². The van der Waals surface area contributed by atoms with Crippen molar-refractivity contribution in [3.63, 3.8) is 0 Å². The minimum Gasteiger partial charge on any atom is -0.744 e. The van der Waals surface area contributed by atoms with Gasteiger partial charge in [-0.1, -0.05) is 22.3 Å². The Morgan fingerprint density at radius 3 is 1.65 bits per heavy atom. The molecular weight excluding hydrogens is 240 g/mol. The minimum absolute atomic E-state index is 0. The fraction of sp³-hybridized carbons (Fsp3) is 0.273. The Hall–Kier alpha value is -1.53. The maximum atomic E-state index is 10.1. The minimum atomic E-state index is -4.24. The topological polar surface area (TPSA) is 88.8 Å². The third kappa shape index (κ3) is 8.29. The Balaban J connectivity index is -0.000000216. The molecule has 17 heavy (non-hydrogen) atoms. The van der Waals surface area contributed by atoms with E-state index in [2.05, 4.69) is 9.97 Å². The van der Waals surface area contributed by atoms with Gasteiger partial charge in [-0.15, -0.1) is 0 Å². The molecule has 2 aromatic heterocycles. The molecule has 0 aliphatic rings. The molecule has 0 saturated carbocycles. The number of aromatic nitrogens is 2. The van der Waals surface area contributed by atoms with E-state index in [1.165, 1.54) is 12.3 Å². The van der Waals surface area contributed by atoms with E-state index in [0.717, 1.165) is 6.20 Å². The highest BCUT2D eigenvalue weighted by molar-refractivity contribution is 7.85. The van der Waals surface area contributed by atoms with Gasteiger partial charge in [0.2, 0.25) is 0 Å². The van der Waals surface area contributed by atoms with E-state index in [9.17, 15) is 13.0 Å². The lowest BCUT2D eigenvalue weighted by atomic mass is 10.7. The maximum Gasteiger partial charge on any atom is 0.125 e. The van der Waals surface area contributed by atoms with Crippen LogP contribution in [0.3, 0.4) is 0 Å². The van der Waals surface area contributed by atoms with Gasteiger partial charge in [-0.2, -0.15) is 0 Å². The first kappa shape index (κ1) is 20.8. The predicted molar refractivity (Wildman–Crippen MR) is 69.7 cm³/mol. The number of hydrogen-bond donors (Lipinski definition) is 2. The van der Waals surface area contributed by atoms with Gasteiger partial charge in [0.1, 0.15) is 10.1 Å². The van der Waals surface area contributed by atoms with Crippen LogP contribution in [0.25, 0.3) is 0 Å². The average molecular weight is 261 g/mol. The van der Waals surface area contributed by atoms with Crippen LogP contribution in [-0.4, -0.2) is 22.9 Å². The van der Waals surface area contributed by atoms with Gasteiger partial charge in [0, 0.05) is 24.8 Å². The number of aromatic amines is 2. The lowest BCUT2D eigenvalue weighted by molar-refractivity contribution is 0.463. The standard InChI is InChI=1S/C4H5NO3S.C4H5N.3CH4/c6-9(7,8)4-1-2-5-3-4;1-2-4-5-3-1;;;/h1-3,5H,(H,6,7,8);1-5H;3*1H4/p-1. The number of nitrogens with one attached hydrogen (secondary N) is 2. The second-order valence-electron chi connectivity index (χ2n) is 2.39. The lowest BCUT2D eigenvalue weighted by Crippen LogP contribution is -1.95. The van der Waals surface area contributed by atoms with Crippen molar-refractivity contribution in [3.05, 3.63) is 43.0 Å². The van der Waals surface area contributed by atoms with Crippen molar-refractivity contribution in [3.8, 4) is 0 Å². The summed E-state index contributed by atoms with van der Waals surface area (Å²) in [6.45, 7) is 0.